The largest absolute Gasteiger partial charge is 0.496 e. The van der Waals surface area contributed by atoms with Gasteiger partial charge in [0.1, 0.15) is 11.6 Å². The van der Waals surface area contributed by atoms with Crippen LogP contribution < -0.4 is 4.74 Å². The molecule has 0 aliphatic rings. The van der Waals surface area contributed by atoms with E-state index >= 15 is 0 Å². The van der Waals surface area contributed by atoms with Crippen molar-refractivity contribution in [1.82, 2.24) is 0 Å². The predicted octanol–water partition coefficient (Wildman–Crippen LogP) is 4.76. The summed E-state index contributed by atoms with van der Waals surface area (Å²) in [5, 5.41) is -0.647. The molecule has 5 heteroatoms. The second-order valence-electron chi connectivity index (χ2n) is 4.50. The van der Waals surface area contributed by atoms with Crippen LogP contribution in [0.3, 0.4) is 0 Å². The number of methoxy groups -OCH3 is 1. The monoisotopic (exact) mass is 370 g/mol. The van der Waals surface area contributed by atoms with Crippen molar-refractivity contribution in [1.29, 1.82) is 0 Å². The van der Waals surface area contributed by atoms with Crippen molar-refractivity contribution < 1.29 is 13.9 Å². The molecule has 0 saturated carbocycles. The van der Waals surface area contributed by atoms with E-state index in [2.05, 4.69) is 15.9 Å². The summed E-state index contributed by atoms with van der Waals surface area (Å²) in [6.45, 7) is 0. The number of hydrogen-bond acceptors (Lipinski definition) is 2. The van der Waals surface area contributed by atoms with Crippen LogP contribution in [0.4, 0.5) is 4.39 Å². The highest BCUT2D eigenvalue weighted by molar-refractivity contribution is 9.10. The molecule has 0 unspecified atom stereocenters. The third-order valence-electron chi connectivity index (χ3n) is 3.22. The van der Waals surface area contributed by atoms with E-state index in [9.17, 15) is 9.18 Å². The molecule has 0 radical (unpaired) electrons. The Morgan fingerprint density at radius 2 is 2.05 bits per heavy atom. The highest BCUT2D eigenvalue weighted by Crippen LogP contribution is 2.26. The SMILES string of the molecule is COc1ccc(Br)cc1CCc1c(F)cccc1C(=O)Cl. The highest BCUT2D eigenvalue weighted by Gasteiger charge is 2.14. The van der Waals surface area contributed by atoms with E-state index in [0.717, 1.165) is 15.8 Å². The summed E-state index contributed by atoms with van der Waals surface area (Å²) < 4.78 is 20.1. The Balaban J connectivity index is 2.28. The Bertz CT molecular complexity index is 673. The zero-order valence-electron chi connectivity index (χ0n) is 11.3. The Kier molecular flexibility index (Phi) is 5.37. The van der Waals surface area contributed by atoms with Gasteiger partial charge in [0.2, 0.25) is 0 Å². The lowest BCUT2D eigenvalue weighted by Gasteiger charge is -2.11. The Morgan fingerprint density at radius 1 is 1.29 bits per heavy atom. The van der Waals surface area contributed by atoms with Gasteiger partial charge in [-0.2, -0.15) is 0 Å². The molecular weight excluding hydrogens is 359 g/mol. The molecule has 21 heavy (non-hydrogen) atoms. The molecule has 0 aliphatic heterocycles. The number of carbonyl (C=O) groups excluding carboxylic acids is 1. The fourth-order valence-electron chi connectivity index (χ4n) is 2.20. The maximum absolute atomic E-state index is 13.9. The normalized spacial score (nSPS) is 10.5. The average Bonchev–Trinajstić information content (AvgIpc) is 2.45. The summed E-state index contributed by atoms with van der Waals surface area (Å²) in [6, 6.07) is 9.98. The number of hydrogen-bond donors (Lipinski definition) is 0. The fourth-order valence-corrected chi connectivity index (χ4v) is 2.78. The number of rotatable bonds is 5. The Hall–Kier alpha value is -1.39. The molecule has 0 fully saturated rings. The fraction of sp³-hybridized carbons (Fsp3) is 0.188. The average molecular weight is 372 g/mol. The van der Waals surface area contributed by atoms with Crippen LogP contribution in [0.25, 0.3) is 0 Å². The molecule has 0 saturated heterocycles. The van der Waals surface area contributed by atoms with Crippen LogP contribution >= 0.6 is 27.5 Å². The first-order chi connectivity index (χ1) is 10.0. The second-order valence-corrected chi connectivity index (χ2v) is 5.75. The predicted molar refractivity (Wildman–Crippen MR) is 84.7 cm³/mol. The molecule has 0 amide bonds. The van der Waals surface area contributed by atoms with E-state index < -0.39 is 11.1 Å². The van der Waals surface area contributed by atoms with Crippen LogP contribution in [-0.4, -0.2) is 12.4 Å². The first-order valence-corrected chi connectivity index (χ1v) is 7.49. The summed E-state index contributed by atoms with van der Waals surface area (Å²) in [5.74, 6) is 0.309. The van der Waals surface area contributed by atoms with E-state index in [0.29, 0.717) is 18.4 Å². The molecule has 110 valence electrons. The summed E-state index contributed by atoms with van der Waals surface area (Å²) in [6.07, 6.45) is 0.911. The van der Waals surface area contributed by atoms with Crippen LogP contribution in [0.5, 0.6) is 5.75 Å². The highest BCUT2D eigenvalue weighted by atomic mass is 79.9. The van der Waals surface area contributed by atoms with E-state index in [-0.39, 0.29) is 5.56 Å². The van der Waals surface area contributed by atoms with Gasteiger partial charge in [-0.15, -0.1) is 0 Å². The Morgan fingerprint density at radius 3 is 2.71 bits per heavy atom. The minimum atomic E-state index is -0.647. The zero-order chi connectivity index (χ0) is 15.4. The summed E-state index contributed by atoms with van der Waals surface area (Å²) in [5.41, 5.74) is 1.48. The molecule has 0 heterocycles. The van der Waals surface area contributed by atoms with Gasteiger partial charge in [0.05, 0.1) is 7.11 Å². The van der Waals surface area contributed by atoms with Crippen molar-refractivity contribution in [2.75, 3.05) is 7.11 Å². The number of halogens is 3. The summed E-state index contributed by atoms with van der Waals surface area (Å²) in [7, 11) is 1.59. The summed E-state index contributed by atoms with van der Waals surface area (Å²) >= 11 is 8.91. The van der Waals surface area contributed by atoms with E-state index in [4.69, 9.17) is 16.3 Å². The second kappa shape index (κ2) is 7.05. The third kappa shape index (κ3) is 3.83. The molecule has 2 rings (SSSR count). The van der Waals surface area contributed by atoms with Crippen molar-refractivity contribution >= 4 is 32.8 Å². The van der Waals surface area contributed by atoms with Gasteiger partial charge in [0, 0.05) is 15.6 Å². The topological polar surface area (TPSA) is 26.3 Å². The number of ether oxygens (including phenoxy) is 1. The number of benzene rings is 2. The van der Waals surface area contributed by atoms with Crippen LogP contribution in [0.15, 0.2) is 40.9 Å². The van der Waals surface area contributed by atoms with Crippen LogP contribution in [0.1, 0.15) is 21.5 Å². The molecular formula is C16H13BrClFO2. The molecule has 0 spiro atoms. The quantitative estimate of drug-likeness (QED) is 0.708. The van der Waals surface area contributed by atoms with E-state index in [1.165, 1.54) is 18.2 Å². The first kappa shape index (κ1) is 16.0. The third-order valence-corrected chi connectivity index (χ3v) is 3.91. The van der Waals surface area contributed by atoms with Gasteiger partial charge in [0.25, 0.3) is 5.24 Å². The molecule has 2 aromatic rings. The molecule has 2 nitrogen and oxygen atoms in total. The standard InChI is InChI=1S/C16H13BrClFO2/c1-21-15-8-6-11(17)9-10(15)5-7-12-13(16(18)20)3-2-4-14(12)19/h2-4,6,8-9H,5,7H2,1H3. The lowest BCUT2D eigenvalue weighted by atomic mass is 9.99. The molecule has 0 atom stereocenters. The number of aryl methyl sites for hydroxylation is 1. The van der Waals surface area contributed by atoms with Gasteiger partial charge < -0.3 is 4.74 Å². The van der Waals surface area contributed by atoms with E-state index in [1.54, 1.807) is 7.11 Å². The Labute approximate surface area is 136 Å². The lowest BCUT2D eigenvalue weighted by Crippen LogP contribution is -2.04. The van der Waals surface area contributed by atoms with Gasteiger partial charge in [-0.25, -0.2) is 4.39 Å². The van der Waals surface area contributed by atoms with Crippen LogP contribution in [0, 0.1) is 5.82 Å². The molecule has 0 bridgehead atoms. The van der Waals surface area contributed by atoms with Crippen molar-refractivity contribution in [2.45, 2.75) is 12.8 Å². The van der Waals surface area contributed by atoms with Crippen molar-refractivity contribution in [3.05, 3.63) is 63.4 Å². The molecule has 0 N–H and O–H groups in total. The van der Waals surface area contributed by atoms with Gasteiger partial charge in [0.15, 0.2) is 0 Å². The van der Waals surface area contributed by atoms with Crippen LogP contribution in [0.2, 0.25) is 0 Å². The van der Waals surface area contributed by atoms with E-state index in [1.807, 2.05) is 18.2 Å². The van der Waals surface area contributed by atoms with Gasteiger partial charge >= 0.3 is 0 Å². The van der Waals surface area contributed by atoms with Crippen molar-refractivity contribution in [2.24, 2.45) is 0 Å². The number of carbonyl (C=O) groups is 1. The van der Waals surface area contributed by atoms with Gasteiger partial charge in [-0.1, -0.05) is 22.0 Å². The molecule has 0 aromatic heterocycles. The molecule has 2 aromatic carbocycles. The van der Waals surface area contributed by atoms with Crippen molar-refractivity contribution in [3.63, 3.8) is 0 Å². The maximum atomic E-state index is 13.9. The minimum absolute atomic E-state index is 0.214. The minimum Gasteiger partial charge on any atom is -0.496 e. The summed E-state index contributed by atoms with van der Waals surface area (Å²) in [4.78, 5) is 11.4. The molecule has 0 aliphatic carbocycles. The van der Waals surface area contributed by atoms with Crippen LogP contribution in [-0.2, 0) is 12.8 Å². The maximum Gasteiger partial charge on any atom is 0.252 e. The lowest BCUT2D eigenvalue weighted by molar-refractivity contribution is 0.108. The van der Waals surface area contributed by atoms with Crippen molar-refractivity contribution in [3.8, 4) is 5.75 Å². The van der Waals surface area contributed by atoms with Gasteiger partial charge in [-0.05, 0) is 60.3 Å². The zero-order valence-corrected chi connectivity index (χ0v) is 13.7. The van der Waals surface area contributed by atoms with Gasteiger partial charge in [-0.3, -0.25) is 4.79 Å². The smallest absolute Gasteiger partial charge is 0.252 e. The first-order valence-electron chi connectivity index (χ1n) is 6.32.